The molecule has 2 heterocycles. The van der Waals surface area contributed by atoms with Gasteiger partial charge in [0.15, 0.2) is 0 Å². The number of piperazine rings is 1. The summed E-state index contributed by atoms with van der Waals surface area (Å²) >= 11 is 0. The van der Waals surface area contributed by atoms with Gasteiger partial charge in [0.2, 0.25) is 5.91 Å². The summed E-state index contributed by atoms with van der Waals surface area (Å²) in [6, 6.07) is 0. The predicted octanol–water partition coefficient (Wildman–Crippen LogP) is 0.0797. The van der Waals surface area contributed by atoms with Crippen LogP contribution in [0.2, 0.25) is 0 Å². The van der Waals surface area contributed by atoms with Gasteiger partial charge in [0.1, 0.15) is 0 Å². The van der Waals surface area contributed by atoms with Crippen molar-refractivity contribution in [3.63, 3.8) is 0 Å². The van der Waals surface area contributed by atoms with Crippen LogP contribution in [-0.2, 0) is 14.4 Å². The number of amides is 3. The van der Waals surface area contributed by atoms with Crippen molar-refractivity contribution in [2.75, 3.05) is 39.3 Å². The summed E-state index contributed by atoms with van der Waals surface area (Å²) in [7, 11) is 0. The Morgan fingerprint density at radius 3 is 1.45 bits per heavy atom. The van der Waals surface area contributed by atoms with Gasteiger partial charge < -0.3 is 14.7 Å². The van der Waals surface area contributed by atoms with Crippen molar-refractivity contribution in [3.05, 3.63) is 0 Å². The van der Waals surface area contributed by atoms with Crippen LogP contribution in [0.5, 0.6) is 0 Å². The lowest BCUT2D eigenvalue weighted by atomic mass is 10.2. The number of carbonyl (C=O) groups excluding carboxylic acids is 3. The van der Waals surface area contributed by atoms with Gasteiger partial charge in [0.05, 0.1) is 0 Å². The Morgan fingerprint density at radius 1 is 0.600 bits per heavy atom. The highest BCUT2D eigenvalue weighted by atomic mass is 16.2. The molecule has 0 spiro atoms. The maximum Gasteiger partial charge on any atom is 0.312 e. The van der Waals surface area contributed by atoms with E-state index in [1.54, 1.807) is 14.7 Å². The van der Waals surface area contributed by atoms with Gasteiger partial charge in [-0.2, -0.15) is 0 Å². The number of nitrogens with zero attached hydrogens (tertiary/aromatic N) is 3. The fourth-order valence-corrected chi connectivity index (χ4v) is 2.77. The average molecular weight is 281 g/mol. The van der Waals surface area contributed by atoms with Crippen LogP contribution in [0.4, 0.5) is 0 Å². The summed E-state index contributed by atoms with van der Waals surface area (Å²) in [5.41, 5.74) is 0. The molecule has 112 valence electrons. The molecular formula is C14H23N3O3. The second-order valence-electron chi connectivity index (χ2n) is 5.50. The zero-order valence-electron chi connectivity index (χ0n) is 12.1. The van der Waals surface area contributed by atoms with Gasteiger partial charge in [-0.15, -0.1) is 0 Å². The molecule has 2 rings (SSSR count). The van der Waals surface area contributed by atoms with Crippen LogP contribution in [0.3, 0.4) is 0 Å². The normalized spacial score (nSPS) is 20.6. The van der Waals surface area contributed by atoms with Crippen LogP contribution < -0.4 is 0 Å². The summed E-state index contributed by atoms with van der Waals surface area (Å²) in [4.78, 5) is 40.7. The smallest absolute Gasteiger partial charge is 0.312 e. The summed E-state index contributed by atoms with van der Waals surface area (Å²) in [6.45, 7) is 4.87. The Bertz CT molecular complexity index is 381. The SMILES string of the molecule is CC(=O)N1CCN(C(=O)C(=O)N2CCCCCC2)CC1. The topological polar surface area (TPSA) is 60.9 Å². The summed E-state index contributed by atoms with van der Waals surface area (Å²) < 4.78 is 0. The third-order valence-electron chi connectivity index (χ3n) is 4.09. The lowest BCUT2D eigenvalue weighted by Gasteiger charge is -2.34. The van der Waals surface area contributed by atoms with Crippen molar-refractivity contribution in [1.82, 2.24) is 14.7 Å². The Morgan fingerprint density at radius 2 is 1.00 bits per heavy atom. The van der Waals surface area contributed by atoms with Gasteiger partial charge in [-0.1, -0.05) is 12.8 Å². The van der Waals surface area contributed by atoms with E-state index in [1.165, 1.54) is 6.92 Å². The maximum absolute atomic E-state index is 12.2. The minimum absolute atomic E-state index is 0.0240. The third-order valence-corrected chi connectivity index (χ3v) is 4.09. The minimum Gasteiger partial charge on any atom is -0.339 e. The van der Waals surface area contributed by atoms with E-state index in [0.29, 0.717) is 39.3 Å². The van der Waals surface area contributed by atoms with Gasteiger partial charge in [-0.3, -0.25) is 14.4 Å². The zero-order valence-corrected chi connectivity index (χ0v) is 12.1. The van der Waals surface area contributed by atoms with Crippen LogP contribution in [0.15, 0.2) is 0 Å². The van der Waals surface area contributed by atoms with E-state index in [-0.39, 0.29) is 11.8 Å². The fourth-order valence-electron chi connectivity index (χ4n) is 2.77. The third kappa shape index (κ3) is 3.49. The van der Waals surface area contributed by atoms with Crippen LogP contribution >= 0.6 is 0 Å². The van der Waals surface area contributed by atoms with E-state index in [1.807, 2.05) is 0 Å². The molecule has 0 N–H and O–H groups in total. The number of likely N-dealkylation sites (tertiary alicyclic amines) is 1. The maximum atomic E-state index is 12.2. The number of hydrogen-bond donors (Lipinski definition) is 0. The highest BCUT2D eigenvalue weighted by Crippen LogP contribution is 2.11. The molecule has 2 saturated heterocycles. The largest absolute Gasteiger partial charge is 0.339 e. The van der Waals surface area contributed by atoms with Crippen molar-refractivity contribution in [1.29, 1.82) is 0 Å². The van der Waals surface area contributed by atoms with Gasteiger partial charge in [0.25, 0.3) is 0 Å². The molecule has 0 aromatic heterocycles. The van der Waals surface area contributed by atoms with Crippen molar-refractivity contribution in [2.24, 2.45) is 0 Å². The molecule has 2 fully saturated rings. The summed E-state index contributed by atoms with van der Waals surface area (Å²) in [6.07, 6.45) is 4.23. The van der Waals surface area contributed by atoms with Crippen LogP contribution in [0, 0.1) is 0 Å². The molecule has 0 unspecified atom stereocenters. The van der Waals surface area contributed by atoms with Gasteiger partial charge in [0, 0.05) is 46.2 Å². The first-order valence-electron chi connectivity index (χ1n) is 7.43. The Balaban J connectivity index is 1.87. The second-order valence-corrected chi connectivity index (χ2v) is 5.50. The number of rotatable bonds is 0. The molecule has 0 bridgehead atoms. The van der Waals surface area contributed by atoms with E-state index in [0.717, 1.165) is 25.7 Å². The van der Waals surface area contributed by atoms with Crippen molar-refractivity contribution < 1.29 is 14.4 Å². The van der Waals surface area contributed by atoms with Crippen LogP contribution in [0.1, 0.15) is 32.6 Å². The molecule has 0 aromatic carbocycles. The summed E-state index contributed by atoms with van der Waals surface area (Å²) in [5.74, 6) is -0.755. The molecule has 0 saturated carbocycles. The molecule has 0 atom stereocenters. The van der Waals surface area contributed by atoms with Crippen LogP contribution in [-0.4, -0.2) is 71.7 Å². The molecule has 3 amide bonds. The van der Waals surface area contributed by atoms with Crippen molar-refractivity contribution in [3.8, 4) is 0 Å². The average Bonchev–Trinajstić information content (AvgIpc) is 2.75. The second kappa shape index (κ2) is 6.72. The molecule has 0 aliphatic carbocycles. The first-order chi connectivity index (χ1) is 9.59. The Kier molecular flexibility index (Phi) is 4.98. The van der Waals surface area contributed by atoms with Gasteiger partial charge in [-0.05, 0) is 12.8 Å². The van der Waals surface area contributed by atoms with E-state index < -0.39 is 5.91 Å². The number of carbonyl (C=O) groups is 3. The number of hydrogen-bond acceptors (Lipinski definition) is 3. The zero-order chi connectivity index (χ0) is 14.5. The van der Waals surface area contributed by atoms with E-state index in [4.69, 9.17) is 0 Å². The van der Waals surface area contributed by atoms with E-state index >= 15 is 0 Å². The highest BCUT2D eigenvalue weighted by Gasteiger charge is 2.30. The first kappa shape index (κ1) is 14.8. The quantitative estimate of drug-likeness (QED) is 0.591. The van der Waals surface area contributed by atoms with Gasteiger partial charge >= 0.3 is 11.8 Å². The van der Waals surface area contributed by atoms with Crippen molar-refractivity contribution >= 4 is 17.7 Å². The molecular weight excluding hydrogens is 258 g/mol. The minimum atomic E-state index is -0.407. The molecule has 0 aromatic rings. The summed E-state index contributed by atoms with van der Waals surface area (Å²) in [5, 5.41) is 0. The van der Waals surface area contributed by atoms with E-state index in [9.17, 15) is 14.4 Å². The lowest BCUT2D eigenvalue weighted by Crippen LogP contribution is -2.54. The molecule has 2 aliphatic rings. The first-order valence-corrected chi connectivity index (χ1v) is 7.43. The van der Waals surface area contributed by atoms with Crippen LogP contribution in [0.25, 0.3) is 0 Å². The molecule has 6 heteroatoms. The van der Waals surface area contributed by atoms with Crippen molar-refractivity contribution in [2.45, 2.75) is 32.6 Å². The lowest BCUT2D eigenvalue weighted by molar-refractivity contribution is -0.153. The Labute approximate surface area is 119 Å². The highest BCUT2D eigenvalue weighted by molar-refractivity contribution is 6.34. The molecule has 6 nitrogen and oxygen atoms in total. The predicted molar refractivity (Wildman–Crippen MR) is 73.9 cm³/mol. The van der Waals surface area contributed by atoms with E-state index in [2.05, 4.69) is 0 Å². The van der Waals surface area contributed by atoms with Gasteiger partial charge in [-0.25, -0.2) is 0 Å². The molecule has 0 radical (unpaired) electrons. The molecule has 2 aliphatic heterocycles. The standard InChI is InChI=1S/C14H23N3O3/c1-12(18)15-8-10-17(11-9-15)14(20)13(19)16-6-4-2-3-5-7-16/h2-11H2,1H3. The fraction of sp³-hybridized carbons (Fsp3) is 0.786. The molecule has 20 heavy (non-hydrogen) atoms. The Hall–Kier alpha value is -1.59. The monoisotopic (exact) mass is 281 g/mol.